The van der Waals surface area contributed by atoms with Crippen LogP contribution in [0.3, 0.4) is 0 Å². The second-order valence-electron chi connectivity index (χ2n) is 6.14. The zero-order valence-corrected chi connectivity index (χ0v) is 15.1. The van der Waals surface area contributed by atoms with Gasteiger partial charge in [0.15, 0.2) is 0 Å². The van der Waals surface area contributed by atoms with Crippen molar-refractivity contribution in [2.24, 2.45) is 0 Å². The maximum absolute atomic E-state index is 12.6. The van der Waals surface area contributed by atoms with Crippen LogP contribution < -0.4 is 10.1 Å². The molecular weight excluding hydrogens is 338 g/mol. The van der Waals surface area contributed by atoms with Gasteiger partial charge in [-0.05, 0) is 24.6 Å². The molecule has 1 aliphatic rings. The number of piperazine rings is 1. The monoisotopic (exact) mass is 363 g/mol. The second kappa shape index (κ2) is 9.07. The van der Waals surface area contributed by atoms with Crippen molar-refractivity contribution in [3.8, 4) is 5.75 Å². The number of nitrogens with one attached hydrogen (secondary N) is 1. The summed E-state index contributed by atoms with van der Waals surface area (Å²) < 4.78 is 5.14. The van der Waals surface area contributed by atoms with Crippen molar-refractivity contribution in [3.63, 3.8) is 0 Å². The fraction of sp³-hybridized carbons (Fsp3) is 0.500. The van der Waals surface area contributed by atoms with Crippen LogP contribution in [0.2, 0.25) is 0 Å². The van der Waals surface area contributed by atoms with Crippen LogP contribution in [0, 0.1) is 0 Å². The minimum atomic E-state index is -1.04. The SMILES string of the molecule is CCCC(NC(=O)N1CCN(C(=O)c2cccc(OC)c2)CC1)C(=O)O. The van der Waals surface area contributed by atoms with Gasteiger partial charge in [-0.2, -0.15) is 0 Å². The zero-order valence-electron chi connectivity index (χ0n) is 15.1. The Balaban J connectivity index is 1.90. The van der Waals surface area contributed by atoms with Crippen molar-refractivity contribution < 1.29 is 24.2 Å². The summed E-state index contributed by atoms with van der Waals surface area (Å²) in [6.07, 6.45) is 1.05. The van der Waals surface area contributed by atoms with Gasteiger partial charge in [-0.25, -0.2) is 9.59 Å². The number of carboxylic acid groups (broad SMARTS) is 1. The Hall–Kier alpha value is -2.77. The smallest absolute Gasteiger partial charge is 0.326 e. The average Bonchev–Trinajstić information content (AvgIpc) is 2.67. The number of benzene rings is 1. The summed E-state index contributed by atoms with van der Waals surface area (Å²) in [5.41, 5.74) is 0.538. The van der Waals surface area contributed by atoms with E-state index in [-0.39, 0.29) is 5.91 Å². The summed E-state index contributed by atoms with van der Waals surface area (Å²) in [5.74, 6) is -0.533. The molecule has 142 valence electrons. The van der Waals surface area contributed by atoms with Crippen LogP contribution in [0.5, 0.6) is 5.75 Å². The molecular formula is C18H25N3O5. The van der Waals surface area contributed by atoms with Gasteiger partial charge in [0.1, 0.15) is 11.8 Å². The predicted molar refractivity (Wildman–Crippen MR) is 95.3 cm³/mol. The summed E-state index contributed by atoms with van der Waals surface area (Å²) in [6, 6.07) is 5.66. The number of carbonyl (C=O) groups is 3. The van der Waals surface area contributed by atoms with Crippen LogP contribution in [-0.4, -0.2) is 72.1 Å². The van der Waals surface area contributed by atoms with Gasteiger partial charge in [-0.3, -0.25) is 4.79 Å². The highest BCUT2D eigenvalue weighted by Crippen LogP contribution is 2.15. The number of hydrogen-bond acceptors (Lipinski definition) is 4. The molecule has 1 atom stereocenters. The Labute approximate surface area is 152 Å². The van der Waals surface area contributed by atoms with Gasteiger partial charge >= 0.3 is 12.0 Å². The molecule has 0 saturated carbocycles. The first kappa shape index (κ1) is 19.6. The highest BCUT2D eigenvalue weighted by molar-refractivity contribution is 5.94. The van der Waals surface area contributed by atoms with Crippen molar-refractivity contribution in [1.82, 2.24) is 15.1 Å². The van der Waals surface area contributed by atoms with Crippen LogP contribution in [-0.2, 0) is 4.79 Å². The van der Waals surface area contributed by atoms with E-state index >= 15 is 0 Å². The molecule has 0 spiro atoms. The van der Waals surface area contributed by atoms with Gasteiger partial charge in [0.05, 0.1) is 7.11 Å². The molecule has 2 N–H and O–H groups in total. The van der Waals surface area contributed by atoms with E-state index in [1.807, 2.05) is 6.92 Å². The molecule has 1 aliphatic heterocycles. The molecule has 8 nitrogen and oxygen atoms in total. The van der Waals surface area contributed by atoms with Gasteiger partial charge in [0, 0.05) is 31.7 Å². The van der Waals surface area contributed by atoms with Gasteiger partial charge in [0.25, 0.3) is 5.91 Å². The summed E-state index contributed by atoms with van der Waals surface area (Å²) in [7, 11) is 1.55. The molecule has 2 rings (SSSR count). The van der Waals surface area contributed by atoms with Crippen LogP contribution >= 0.6 is 0 Å². The van der Waals surface area contributed by atoms with Crippen LogP contribution in [0.1, 0.15) is 30.1 Å². The first-order valence-corrected chi connectivity index (χ1v) is 8.67. The van der Waals surface area contributed by atoms with Crippen LogP contribution in [0.25, 0.3) is 0 Å². The normalized spacial score (nSPS) is 15.3. The Morgan fingerprint density at radius 3 is 2.42 bits per heavy atom. The van der Waals surface area contributed by atoms with Gasteiger partial charge in [0.2, 0.25) is 0 Å². The molecule has 0 bridgehead atoms. The summed E-state index contributed by atoms with van der Waals surface area (Å²) in [6.45, 7) is 3.38. The summed E-state index contributed by atoms with van der Waals surface area (Å²) >= 11 is 0. The zero-order chi connectivity index (χ0) is 19.1. The van der Waals surface area contributed by atoms with Gasteiger partial charge in [-0.15, -0.1) is 0 Å². The molecule has 8 heteroatoms. The Morgan fingerprint density at radius 1 is 1.19 bits per heavy atom. The Kier molecular flexibility index (Phi) is 6.82. The van der Waals surface area contributed by atoms with E-state index in [0.29, 0.717) is 50.3 Å². The number of carboxylic acids is 1. The Morgan fingerprint density at radius 2 is 1.85 bits per heavy atom. The quantitative estimate of drug-likeness (QED) is 0.796. The minimum absolute atomic E-state index is 0.113. The molecule has 1 fully saturated rings. The lowest BCUT2D eigenvalue weighted by Crippen LogP contribution is -2.55. The van der Waals surface area contributed by atoms with E-state index in [2.05, 4.69) is 5.32 Å². The molecule has 26 heavy (non-hydrogen) atoms. The van der Waals surface area contributed by atoms with E-state index < -0.39 is 18.0 Å². The number of carbonyl (C=O) groups excluding carboxylic acids is 2. The maximum atomic E-state index is 12.6. The van der Waals surface area contributed by atoms with Crippen molar-refractivity contribution >= 4 is 17.9 Å². The highest BCUT2D eigenvalue weighted by atomic mass is 16.5. The third-order valence-corrected chi connectivity index (χ3v) is 4.34. The Bertz CT molecular complexity index is 656. The molecule has 1 aromatic rings. The topological polar surface area (TPSA) is 99.2 Å². The fourth-order valence-corrected chi connectivity index (χ4v) is 2.84. The minimum Gasteiger partial charge on any atom is -0.497 e. The number of amides is 3. The van der Waals surface area contributed by atoms with Gasteiger partial charge < -0.3 is 25.0 Å². The number of methoxy groups -OCH3 is 1. The number of urea groups is 1. The molecule has 0 radical (unpaired) electrons. The van der Waals surface area contributed by atoms with Crippen molar-refractivity contribution in [1.29, 1.82) is 0 Å². The second-order valence-corrected chi connectivity index (χ2v) is 6.14. The first-order chi connectivity index (χ1) is 12.5. The highest BCUT2D eigenvalue weighted by Gasteiger charge is 2.27. The van der Waals surface area contributed by atoms with Crippen LogP contribution in [0.15, 0.2) is 24.3 Å². The number of nitrogens with zero attached hydrogens (tertiary/aromatic N) is 2. The number of aliphatic carboxylic acids is 1. The molecule has 1 saturated heterocycles. The molecule has 1 unspecified atom stereocenters. The lowest BCUT2D eigenvalue weighted by Gasteiger charge is -2.35. The maximum Gasteiger partial charge on any atom is 0.326 e. The standard InChI is InChI=1S/C18H25N3O5/c1-3-5-15(17(23)24)19-18(25)21-10-8-20(9-11-21)16(22)13-6-4-7-14(12-13)26-2/h4,6-7,12,15H,3,5,8-11H2,1-2H3,(H,19,25)(H,23,24). The molecule has 1 aromatic carbocycles. The van der Waals surface area contributed by atoms with Crippen LogP contribution in [0.4, 0.5) is 4.79 Å². The molecule has 3 amide bonds. The van der Waals surface area contributed by atoms with E-state index in [4.69, 9.17) is 9.84 Å². The number of hydrogen-bond donors (Lipinski definition) is 2. The molecule has 1 heterocycles. The lowest BCUT2D eigenvalue weighted by molar-refractivity contribution is -0.139. The lowest BCUT2D eigenvalue weighted by atomic mass is 10.1. The first-order valence-electron chi connectivity index (χ1n) is 8.67. The van der Waals surface area contributed by atoms with Gasteiger partial charge in [-0.1, -0.05) is 19.4 Å². The third kappa shape index (κ3) is 4.87. The van der Waals surface area contributed by atoms with Crippen molar-refractivity contribution in [2.75, 3.05) is 33.3 Å². The molecule has 0 aliphatic carbocycles. The molecule has 0 aromatic heterocycles. The predicted octanol–water partition coefficient (Wildman–Crippen LogP) is 1.42. The number of rotatable bonds is 6. The van der Waals surface area contributed by atoms with E-state index in [1.54, 1.807) is 41.2 Å². The van der Waals surface area contributed by atoms with Crippen molar-refractivity contribution in [3.05, 3.63) is 29.8 Å². The fourth-order valence-electron chi connectivity index (χ4n) is 2.84. The van der Waals surface area contributed by atoms with E-state index in [1.165, 1.54) is 0 Å². The number of ether oxygens (including phenoxy) is 1. The third-order valence-electron chi connectivity index (χ3n) is 4.34. The summed E-state index contributed by atoms with van der Waals surface area (Å²) in [4.78, 5) is 39.2. The largest absolute Gasteiger partial charge is 0.497 e. The van der Waals surface area contributed by atoms with E-state index in [9.17, 15) is 14.4 Å². The van der Waals surface area contributed by atoms with E-state index in [0.717, 1.165) is 0 Å². The average molecular weight is 363 g/mol. The summed E-state index contributed by atoms with van der Waals surface area (Å²) in [5, 5.41) is 11.7. The van der Waals surface area contributed by atoms with Crippen molar-refractivity contribution in [2.45, 2.75) is 25.8 Å².